The molecule has 2 aliphatic rings. The number of carboxylic acid groups (broad SMARTS) is 1. The van der Waals surface area contributed by atoms with Gasteiger partial charge in [-0.15, -0.1) is 10.2 Å². The molecule has 14 heteroatoms. The summed E-state index contributed by atoms with van der Waals surface area (Å²) in [4.78, 5) is 23.3. The molecule has 1 aromatic rings. The van der Waals surface area contributed by atoms with Crippen LogP contribution in [0.5, 0.6) is 0 Å². The molecular weight excluding hydrogens is 424 g/mol. The summed E-state index contributed by atoms with van der Waals surface area (Å²) in [5, 5.41) is 17.3. The van der Waals surface area contributed by atoms with Crippen molar-refractivity contribution < 1.29 is 41.0 Å². The molecule has 1 aromatic heterocycles. The number of carbonyl (C=O) groups is 2. The van der Waals surface area contributed by atoms with Crippen LogP contribution >= 0.6 is 0 Å². The quantitative estimate of drug-likeness (QED) is 0.675. The average molecular weight is 445 g/mol. The fourth-order valence-electron chi connectivity index (χ4n) is 3.47. The first kappa shape index (κ1) is 23.9. The van der Waals surface area contributed by atoms with Gasteiger partial charge in [-0.2, -0.15) is 26.3 Å². The molecule has 8 nitrogen and oxygen atoms in total. The second-order valence-electron chi connectivity index (χ2n) is 6.92. The van der Waals surface area contributed by atoms with Crippen molar-refractivity contribution in [1.82, 2.24) is 25.0 Å². The maximum absolute atomic E-state index is 12.8. The minimum absolute atomic E-state index is 0.0289. The summed E-state index contributed by atoms with van der Waals surface area (Å²) in [7, 11) is 0. The summed E-state index contributed by atoms with van der Waals surface area (Å²) in [6, 6.07) is 0. The van der Waals surface area contributed by atoms with Crippen LogP contribution in [-0.2, 0) is 28.9 Å². The van der Waals surface area contributed by atoms with Crippen molar-refractivity contribution in [2.24, 2.45) is 11.8 Å². The Morgan fingerprint density at radius 1 is 1.17 bits per heavy atom. The maximum atomic E-state index is 12.8. The van der Waals surface area contributed by atoms with Crippen LogP contribution in [0.2, 0.25) is 0 Å². The molecule has 0 radical (unpaired) electrons. The molecule has 30 heavy (non-hydrogen) atoms. The smallest absolute Gasteiger partial charge is 0.475 e. The zero-order valence-electron chi connectivity index (χ0n) is 15.9. The van der Waals surface area contributed by atoms with Gasteiger partial charge in [0.05, 0.1) is 6.54 Å². The molecule has 0 saturated carbocycles. The molecule has 2 atom stereocenters. The zero-order chi connectivity index (χ0) is 22.7. The number of nitrogens with zero attached hydrogens (tertiary/aromatic N) is 4. The van der Waals surface area contributed by atoms with E-state index >= 15 is 0 Å². The Hall–Kier alpha value is -2.38. The number of rotatable bonds is 2. The van der Waals surface area contributed by atoms with Crippen molar-refractivity contribution in [3.63, 3.8) is 0 Å². The van der Waals surface area contributed by atoms with E-state index in [4.69, 9.17) is 9.90 Å². The van der Waals surface area contributed by atoms with Crippen LogP contribution < -0.4 is 5.32 Å². The van der Waals surface area contributed by atoms with E-state index in [1.807, 2.05) is 0 Å². The van der Waals surface area contributed by atoms with Crippen molar-refractivity contribution in [2.75, 3.05) is 19.6 Å². The van der Waals surface area contributed by atoms with E-state index in [0.717, 1.165) is 30.5 Å². The zero-order valence-corrected chi connectivity index (χ0v) is 15.9. The fourth-order valence-corrected chi connectivity index (χ4v) is 3.47. The third-order valence-electron chi connectivity index (χ3n) is 5.01. The molecule has 0 bridgehead atoms. The van der Waals surface area contributed by atoms with Gasteiger partial charge in [-0.3, -0.25) is 4.79 Å². The number of hydrogen-bond donors (Lipinski definition) is 2. The van der Waals surface area contributed by atoms with Crippen molar-refractivity contribution in [1.29, 1.82) is 0 Å². The van der Waals surface area contributed by atoms with E-state index in [-0.39, 0.29) is 43.2 Å². The van der Waals surface area contributed by atoms with Gasteiger partial charge in [0.25, 0.3) is 0 Å². The maximum Gasteiger partial charge on any atom is 0.490 e. The third-order valence-corrected chi connectivity index (χ3v) is 5.01. The lowest BCUT2D eigenvalue weighted by atomic mass is 9.83. The summed E-state index contributed by atoms with van der Waals surface area (Å²) < 4.78 is 71.3. The summed E-state index contributed by atoms with van der Waals surface area (Å²) in [6.07, 6.45) is -7.92. The molecule has 3 rings (SSSR count). The SMILES string of the molecule is CC[C@@H]1CNCC[C@@H]1C(=O)N1CCn2c(nnc2C(F)(F)F)C1.O=C(O)C(F)(F)F. The van der Waals surface area contributed by atoms with Gasteiger partial charge in [0, 0.05) is 19.0 Å². The van der Waals surface area contributed by atoms with Gasteiger partial charge < -0.3 is 19.9 Å². The Balaban J connectivity index is 0.000000396. The lowest BCUT2D eigenvalue weighted by Gasteiger charge is -2.36. The highest BCUT2D eigenvalue weighted by atomic mass is 19.4. The molecule has 1 amide bonds. The van der Waals surface area contributed by atoms with Crippen LogP contribution in [0.4, 0.5) is 26.3 Å². The van der Waals surface area contributed by atoms with E-state index in [9.17, 15) is 31.1 Å². The summed E-state index contributed by atoms with van der Waals surface area (Å²) >= 11 is 0. The Kier molecular flexibility index (Phi) is 7.31. The Morgan fingerprint density at radius 2 is 1.80 bits per heavy atom. The number of carbonyl (C=O) groups excluding carboxylic acids is 1. The highest BCUT2D eigenvalue weighted by Crippen LogP contribution is 2.30. The fraction of sp³-hybridized carbons (Fsp3) is 0.750. The largest absolute Gasteiger partial charge is 0.490 e. The molecular formula is C16H21F6N5O3. The first-order valence-corrected chi connectivity index (χ1v) is 9.15. The lowest BCUT2D eigenvalue weighted by molar-refractivity contribution is -0.192. The summed E-state index contributed by atoms with van der Waals surface area (Å²) in [5.74, 6) is -3.28. The summed E-state index contributed by atoms with van der Waals surface area (Å²) in [5.41, 5.74) is 0. The number of aliphatic carboxylic acids is 1. The number of carboxylic acids is 1. The van der Waals surface area contributed by atoms with Gasteiger partial charge in [-0.25, -0.2) is 4.79 Å². The molecule has 0 aliphatic carbocycles. The van der Waals surface area contributed by atoms with Gasteiger partial charge in [0.2, 0.25) is 11.7 Å². The lowest BCUT2D eigenvalue weighted by Crippen LogP contribution is -2.48. The monoisotopic (exact) mass is 445 g/mol. The third kappa shape index (κ3) is 5.61. The molecule has 2 aliphatic heterocycles. The molecule has 0 spiro atoms. The van der Waals surface area contributed by atoms with Crippen LogP contribution in [0.3, 0.4) is 0 Å². The van der Waals surface area contributed by atoms with Crippen LogP contribution in [0.1, 0.15) is 31.4 Å². The number of alkyl halides is 6. The molecule has 0 aromatic carbocycles. The highest BCUT2D eigenvalue weighted by Gasteiger charge is 2.41. The molecule has 2 N–H and O–H groups in total. The predicted octanol–water partition coefficient (Wildman–Crippen LogP) is 1.91. The van der Waals surface area contributed by atoms with Crippen molar-refractivity contribution >= 4 is 11.9 Å². The van der Waals surface area contributed by atoms with Crippen LogP contribution in [-0.4, -0.2) is 62.5 Å². The molecule has 1 saturated heterocycles. The number of nitrogens with one attached hydrogen (secondary N) is 1. The number of piperidine rings is 1. The number of aromatic nitrogens is 3. The Morgan fingerprint density at radius 3 is 2.33 bits per heavy atom. The summed E-state index contributed by atoms with van der Waals surface area (Å²) in [6.45, 7) is 4.13. The van der Waals surface area contributed by atoms with Crippen molar-refractivity contribution in [2.45, 2.75) is 45.2 Å². The standard InChI is InChI=1S/C14H20F3N5O.C2HF3O2/c1-2-9-7-18-4-3-10(9)12(23)21-5-6-22-11(8-21)19-20-13(22)14(15,16)17;3-2(4,5)1(6)7/h9-10,18H,2-8H2,1H3;(H,6,7)/t9-,10+;/m1./s1. The van der Waals surface area contributed by atoms with Gasteiger partial charge in [-0.05, 0) is 25.4 Å². The number of halogens is 6. The first-order chi connectivity index (χ1) is 13.9. The van der Waals surface area contributed by atoms with E-state index < -0.39 is 24.1 Å². The Labute approximate surface area is 167 Å². The minimum atomic E-state index is -5.08. The molecule has 170 valence electrons. The van der Waals surface area contributed by atoms with E-state index in [1.165, 1.54) is 0 Å². The second kappa shape index (κ2) is 9.18. The second-order valence-corrected chi connectivity index (χ2v) is 6.92. The number of fused-ring (bicyclic) bond motifs is 1. The normalized spacial score (nSPS) is 22.0. The van der Waals surface area contributed by atoms with E-state index in [0.29, 0.717) is 0 Å². The number of hydrogen-bond acceptors (Lipinski definition) is 5. The Bertz CT molecular complexity index is 764. The predicted molar refractivity (Wildman–Crippen MR) is 88.9 cm³/mol. The van der Waals surface area contributed by atoms with Gasteiger partial charge in [-0.1, -0.05) is 13.3 Å². The van der Waals surface area contributed by atoms with Gasteiger partial charge in [0.15, 0.2) is 5.82 Å². The van der Waals surface area contributed by atoms with Crippen LogP contribution in [0.15, 0.2) is 0 Å². The number of amides is 1. The van der Waals surface area contributed by atoms with Gasteiger partial charge in [0.1, 0.15) is 0 Å². The van der Waals surface area contributed by atoms with Crippen molar-refractivity contribution in [3.8, 4) is 0 Å². The van der Waals surface area contributed by atoms with E-state index in [1.54, 1.807) is 4.90 Å². The average Bonchev–Trinajstić information content (AvgIpc) is 3.10. The molecule has 1 fully saturated rings. The highest BCUT2D eigenvalue weighted by molar-refractivity contribution is 5.79. The molecule has 0 unspecified atom stereocenters. The van der Waals surface area contributed by atoms with Crippen LogP contribution in [0.25, 0.3) is 0 Å². The van der Waals surface area contributed by atoms with E-state index in [2.05, 4.69) is 22.4 Å². The van der Waals surface area contributed by atoms with Crippen molar-refractivity contribution in [3.05, 3.63) is 11.6 Å². The first-order valence-electron chi connectivity index (χ1n) is 9.15. The topological polar surface area (TPSA) is 100 Å². The molecule has 3 heterocycles. The minimum Gasteiger partial charge on any atom is -0.475 e. The van der Waals surface area contributed by atoms with Crippen LogP contribution in [0, 0.1) is 11.8 Å². The van der Waals surface area contributed by atoms with Gasteiger partial charge >= 0.3 is 18.3 Å².